The van der Waals surface area contributed by atoms with Crippen LogP contribution in [0.5, 0.6) is 0 Å². The molecule has 2 fully saturated rings. The van der Waals surface area contributed by atoms with Gasteiger partial charge in [0.25, 0.3) is 5.91 Å². The van der Waals surface area contributed by atoms with Gasteiger partial charge in [-0.05, 0) is 43.5 Å². The van der Waals surface area contributed by atoms with Crippen molar-refractivity contribution in [3.63, 3.8) is 0 Å². The third-order valence-electron chi connectivity index (χ3n) is 6.19. The molecule has 180 valence electrons. The quantitative estimate of drug-likeness (QED) is 0.549. The Labute approximate surface area is 196 Å². The van der Waals surface area contributed by atoms with Gasteiger partial charge in [0.2, 0.25) is 5.91 Å². The highest BCUT2D eigenvalue weighted by Gasteiger charge is 2.35. The zero-order chi connectivity index (χ0) is 24.0. The number of nitrogens with zero attached hydrogens (tertiary/aromatic N) is 2. The minimum Gasteiger partial charge on any atom is -0.369 e. The maximum atomic E-state index is 12.9. The molecule has 2 N–H and O–H groups in total. The molecule has 0 aromatic heterocycles. The molecule has 2 amide bonds. The number of ether oxygens (including phenoxy) is 1. The Kier molecular flexibility index (Phi) is 8.63. The summed E-state index contributed by atoms with van der Waals surface area (Å²) in [6.45, 7) is 14.3. The predicted octanol–water partition coefficient (Wildman–Crippen LogP) is 1.61. The molecule has 3 rings (SSSR count). The third-order valence-corrected chi connectivity index (χ3v) is 6.19. The van der Waals surface area contributed by atoms with Crippen molar-refractivity contribution >= 4 is 23.3 Å². The summed E-state index contributed by atoms with van der Waals surface area (Å²) in [5.74, 6) is -0.621. The molecule has 1 aromatic carbocycles. The molecule has 0 spiro atoms. The average molecular weight is 457 g/mol. The van der Waals surface area contributed by atoms with E-state index >= 15 is 0 Å². The first kappa shape index (κ1) is 24.9. The van der Waals surface area contributed by atoms with Crippen LogP contribution in [0.4, 0.5) is 5.69 Å². The second kappa shape index (κ2) is 11.4. The molecule has 0 radical (unpaired) electrons. The van der Waals surface area contributed by atoms with E-state index in [-0.39, 0.29) is 36.2 Å². The van der Waals surface area contributed by atoms with Crippen LogP contribution >= 0.6 is 0 Å². The number of piperazine rings is 1. The second-order valence-corrected chi connectivity index (χ2v) is 9.25. The molecule has 2 heterocycles. The average Bonchev–Trinajstić information content (AvgIpc) is 3.11. The fourth-order valence-corrected chi connectivity index (χ4v) is 4.25. The summed E-state index contributed by atoms with van der Waals surface area (Å²) in [5.41, 5.74) is 1.58. The fraction of sp³-hybridized carbons (Fsp3) is 0.560. The van der Waals surface area contributed by atoms with Gasteiger partial charge in [0.1, 0.15) is 18.7 Å². The Morgan fingerprint density at radius 1 is 1.18 bits per heavy atom. The van der Waals surface area contributed by atoms with Gasteiger partial charge in [-0.3, -0.25) is 19.3 Å². The maximum Gasteiger partial charge on any atom is 0.251 e. The van der Waals surface area contributed by atoms with Crippen LogP contribution in [-0.2, 0) is 14.3 Å². The highest BCUT2D eigenvalue weighted by molar-refractivity contribution is 5.99. The second-order valence-electron chi connectivity index (χ2n) is 9.25. The summed E-state index contributed by atoms with van der Waals surface area (Å²) in [6, 6.07) is 6.09. The lowest BCUT2D eigenvalue weighted by atomic mass is 10.0. The van der Waals surface area contributed by atoms with Crippen molar-refractivity contribution in [3.8, 4) is 0 Å². The monoisotopic (exact) mass is 456 g/mol. The Morgan fingerprint density at radius 2 is 1.85 bits per heavy atom. The minimum atomic E-state index is -0.726. The molecular formula is C25H36N4O4. The van der Waals surface area contributed by atoms with Gasteiger partial charge in [-0.2, -0.15) is 0 Å². The minimum absolute atomic E-state index is 0.00295. The lowest BCUT2D eigenvalue weighted by molar-refractivity contribution is -0.127. The Bertz CT molecular complexity index is 846. The molecule has 2 aliphatic heterocycles. The van der Waals surface area contributed by atoms with Gasteiger partial charge in [0.15, 0.2) is 5.78 Å². The van der Waals surface area contributed by atoms with E-state index in [9.17, 15) is 14.4 Å². The molecule has 0 unspecified atom stereocenters. The van der Waals surface area contributed by atoms with Gasteiger partial charge in [-0.25, -0.2) is 0 Å². The smallest absolute Gasteiger partial charge is 0.251 e. The number of anilines is 1. The molecule has 3 atom stereocenters. The number of carbonyl (C=O) groups excluding carboxylic acids is 3. The van der Waals surface area contributed by atoms with Crippen molar-refractivity contribution in [2.24, 2.45) is 5.92 Å². The number of rotatable bonds is 9. The number of amides is 2. The van der Waals surface area contributed by atoms with Crippen LogP contribution in [0.1, 0.15) is 37.6 Å². The molecule has 8 nitrogen and oxygen atoms in total. The number of hydrogen-bond donors (Lipinski definition) is 2. The van der Waals surface area contributed by atoms with Crippen LogP contribution in [0, 0.1) is 5.92 Å². The van der Waals surface area contributed by atoms with Gasteiger partial charge < -0.3 is 20.3 Å². The predicted molar refractivity (Wildman–Crippen MR) is 128 cm³/mol. The van der Waals surface area contributed by atoms with Crippen LogP contribution in [-0.4, -0.2) is 80.0 Å². The van der Waals surface area contributed by atoms with Crippen molar-refractivity contribution in [1.29, 1.82) is 0 Å². The van der Waals surface area contributed by atoms with Gasteiger partial charge in [-0.15, -0.1) is 6.58 Å². The first-order valence-corrected chi connectivity index (χ1v) is 11.7. The van der Waals surface area contributed by atoms with Gasteiger partial charge in [0, 0.05) is 44.0 Å². The number of Topliss-reactive ketones (excluding diaryl/α,β-unsaturated/α-hetero) is 1. The van der Waals surface area contributed by atoms with Crippen LogP contribution in [0.2, 0.25) is 0 Å². The normalized spacial score (nSPS) is 22.3. The maximum absolute atomic E-state index is 12.9. The lowest BCUT2D eigenvalue weighted by Gasteiger charge is -2.35. The van der Waals surface area contributed by atoms with Gasteiger partial charge >= 0.3 is 0 Å². The van der Waals surface area contributed by atoms with E-state index in [4.69, 9.17) is 4.74 Å². The van der Waals surface area contributed by atoms with Gasteiger partial charge in [0.05, 0.1) is 6.10 Å². The van der Waals surface area contributed by atoms with Crippen LogP contribution in [0.15, 0.2) is 36.9 Å². The largest absolute Gasteiger partial charge is 0.369 e. The SMILES string of the molecule is C=CCN1CCN(c2ccc(C(=O)N[C@@H](CC(C)C)C(=O)N[C@@H]3C(=O)CO[C@@H]3C)cc2)CC1. The standard InChI is InChI=1S/C25H36N4O4/c1-5-10-28-11-13-29(14-12-28)20-8-6-19(7-9-20)24(31)26-21(15-17(2)3)25(32)27-23-18(4)33-16-22(23)30/h5-9,17-18,21,23H,1,10-16H2,2-4H3,(H,26,31)(H,27,32)/t18-,21+,23+/m1/s1. The molecule has 0 aliphatic carbocycles. The van der Waals surface area contributed by atoms with Crippen molar-refractivity contribution in [1.82, 2.24) is 15.5 Å². The Hall–Kier alpha value is -2.71. The van der Waals surface area contributed by atoms with Crippen LogP contribution in [0.3, 0.4) is 0 Å². The molecule has 8 heteroatoms. The number of benzene rings is 1. The number of ketones is 1. The first-order chi connectivity index (χ1) is 15.8. The van der Waals surface area contributed by atoms with Crippen molar-refractivity contribution in [2.75, 3.05) is 44.2 Å². The summed E-state index contributed by atoms with van der Waals surface area (Å²) < 4.78 is 5.31. The van der Waals surface area contributed by atoms with Gasteiger partial charge in [-0.1, -0.05) is 19.9 Å². The van der Waals surface area contributed by atoms with E-state index in [0.29, 0.717) is 12.0 Å². The van der Waals surface area contributed by atoms with Crippen molar-refractivity contribution < 1.29 is 19.1 Å². The molecular weight excluding hydrogens is 420 g/mol. The molecule has 0 saturated carbocycles. The zero-order valence-electron chi connectivity index (χ0n) is 19.9. The van der Waals surface area contributed by atoms with Crippen LogP contribution in [0.25, 0.3) is 0 Å². The van der Waals surface area contributed by atoms with E-state index in [1.807, 2.05) is 32.1 Å². The number of nitrogens with one attached hydrogen (secondary N) is 2. The number of carbonyl (C=O) groups is 3. The number of hydrogen-bond acceptors (Lipinski definition) is 6. The third kappa shape index (κ3) is 6.65. The summed E-state index contributed by atoms with van der Waals surface area (Å²) in [4.78, 5) is 42.4. The molecule has 33 heavy (non-hydrogen) atoms. The topological polar surface area (TPSA) is 91.0 Å². The lowest BCUT2D eigenvalue weighted by Crippen LogP contribution is -2.53. The molecule has 0 bridgehead atoms. The summed E-state index contributed by atoms with van der Waals surface area (Å²) in [5, 5.41) is 5.61. The summed E-state index contributed by atoms with van der Waals surface area (Å²) in [6.07, 6.45) is 2.03. The summed E-state index contributed by atoms with van der Waals surface area (Å²) in [7, 11) is 0. The van der Waals surface area contributed by atoms with E-state index in [1.54, 1.807) is 19.1 Å². The van der Waals surface area contributed by atoms with E-state index in [2.05, 4.69) is 27.0 Å². The van der Waals surface area contributed by atoms with Crippen molar-refractivity contribution in [2.45, 2.75) is 45.4 Å². The summed E-state index contributed by atoms with van der Waals surface area (Å²) >= 11 is 0. The Morgan fingerprint density at radius 3 is 2.39 bits per heavy atom. The van der Waals surface area contributed by atoms with E-state index in [1.165, 1.54) is 0 Å². The molecule has 2 aliphatic rings. The van der Waals surface area contributed by atoms with Crippen LogP contribution < -0.4 is 15.5 Å². The highest BCUT2D eigenvalue weighted by atomic mass is 16.5. The molecule has 2 saturated heterocycles. The van der Waals surface area contributed by atoms with Crippen molar-refractivity contribution in [3.05, 3.63) is 42.5 Å². The fourth-order valence-electron chi connectivity index (χ4n) is 4.25. The first-order valence-electron chi connectivity index (χ1n) is 11.7. The van der Waals surface area contributed by atoms with E-state index in [0.717, 1.165) is 38.4 Å². The molecule has 1 aromatic rings. The van der Waals surface area contributed by atoms with E-state index < -0.39 is 12.1 Å². The highest BCUT2D eigenvalue weighted by Crippen LogP contribution is 2.18. The Balaban J connectivity index is 1.60. The zero-order valence-corrected chi connectivity index (χ0v) is 19.9.